The Hall–Kier alpha value is -0.850. The van der Waals surface area contributed by atoms with E-state index in [9.17, 15) is 4.79 Å². The van der Waals surface area contributed by atoms with Gasteiger partial charge in [0.15, 0.2) is 0 Å². The number of aliphatic hydroxyl groups is 2. The van der Waals surface area contributed by atoms with E-state index in [0.717, 1.165) is 0 Å². The number of amides is 2. The lowest BCUT2D eigenvalue weighted by atomic mass is 10.1. The van der Waals surface area contributed by atoms with Crippen molar-refractivity contribution in [2.75, 3.05) is 0 Å². The summed E-state index contributed by atoms with van der Waals surface area (Å²) in [6, 6.07) is -1.76. The molecule has 0 aliphatic rings. The van der Waals surface area contributed by atoms with Crippen LogP contribution in [0.25, 0.3) is 0 Å². The smallest absolute Gasteiger partial charge is 0.312 e. The predicted molar refractivity (Wildman–Crippen MR) is 38.4 cm³/mol. The van der Waals surface area contributed by atoms with Crippen molar-refractivity contribution in [1.82, 2.24) is 5.32 Å². The van der Waals surface area contributed by atoms with Crippen molar-refractivity contribution in [3.05, 3.63) is 0 Å². The van der Waals surface area contributed by atoms with Gasteiger partial charge in [0.2, 0.25) is 0 Å². The minimum Gasteiger partial charge on any atom is -0.391 e. The number of hydrogen-bond donors (Lipinski definition) is 5. The molecule has 0 saturated heterocycles. The monoisotopic (exact) mass is 163 g/mol. The van der Waals surface area contributed by atoms with Crippen LogP contribution in [0.3, 0.4) is 0 Å². The molecule has 6 nitrogen and oxygen atoms in total. The zero-order chi connectivity index (χ0) is 9.02. The number of carbonyl (C=O) groups excluding carboxylic acids is 1. The predicted octanol–water partition coefficient (Wildman–Crippen LogP) is -2.32. The van der Waals surface area contributed by atoms with Crippen LogP contribution in [-0.4, -0.2) is 34.6 Å². The molecule has 0 spiro atoms. The van der Waals surface area contributed by atoms with Crippen LogP contribution >= 0.6 is 0 Å². The summed E-state index contributed by atoms with van der Waals surface area (Å²) in [5.74, 6) is 0. The fourth-order valence-electron chi connectivity index (χ4n) is 0.656. The lowest BCUT2D eigenvalue weighted by Crippen LogP contribution is -2.54. The first-order valence-electron chi connectivity index (χ1n) is 3.13. The number of nitrogens with two attached hydrogens (primary N) is 2. The van der Waals surface area contributed by atoms with Crippen molar-refractivity contribution in [2.45, 2.75) is 25.3 Å². The first-order valence-corrected chi connectivity index (χ1v) is 3.13. The van der Waals surface area contributed by atoms with Crippen LogP contribution in [0.5, 0.6) is 0 Å². The molecule has 0 radical (unpaired) electrons. The highest BCUT2D eigenvalue weighted by atomic mass is 16.3. The third-order valence-electron chi connectivity index (χ3n) is 1.20. The Morgan fingerprint density at radius 2 is 2.00 bits per heavy atom. The van der Waals surface area contributed by atoms with E-state index >= 15 is 0 Å². The molecule has 2 amide bonds. The molecule has 3 unspecified atom stereocenters. The molecule has 0 aromatic carbocycles. The Balaban J connectivity index is 4.00. The minimum atomic E-state index is -1.32. The fourth-order valence-corrected chi connectivity index (χ4v) is 0.656. The van der Waals surface area contributed by atoms with Gasteiger partial charge in [-0.15, -0.1) is 0 Å². The first-order chi connectivity index (χ1) is 4.95. The SMILES string of the molecule is CC(O)C(NC(N)=O)C(N)O. The number of nitrogens with one attached hydrogen (secondary N) is 1. The van der Waals surface area contributed by atoms with E-state index in [2.05, 4.69) is 5.32 Å². The number of urea groups is 1. The maximum absolute atomic E-state index is 10.3. The van der Waals surface area contributed by atoms with Gasteiger partial charge in [-0.05, 0) is 6.92 Å². The highest BCUT2D eigenvalue weighted by Crippen LogP contribution is 1.94. The molecule has 7 N–H and O–H groups in total. The summed E-state index contributed by atoms with van der Waals surface area (Å²) in [6.07, 6.45) is -2.26. The highest BCUT2D eigenvalue weighted by Gasteiger charge is 2.21. The summed E-state index contributed by atoms with van der Waals surface area (Å²) in [5, 5.41) is 19.8. The van der Waals surface area contributed by atoms with Gasteiger partial charge in [0, 0.05) is 0 Å². The van der Waals surface area contributed by atoms with Gasteiger partial charge in [-0.3, -0.25) is 0 Å². The summed E-state index contributed by atoms with van der Waals surface area (Å²) in [5.41, 5.74) is 9.75. The maximum Gasteiger partial charge on any atom is 0.312 e. The van der Waals surface area contributed by atoms with Crippen LogP contribution < -0.4 is 16.8 Å². The second-order valence-electron chi connectivity index (χ2n) is 2.27. The Bertz CT molecular complexity index is 129. The van der Waals surface area contributed by atoms with Crippen LogP contribution in [0.1, 0.15) is 6.92 Å². The van der Waals surface area contributed by atoms with Gasteiger partial charge in [-0.2, -0.15) is 0 Å². The summed E-state index contributed by atoms with van der Waals surface area (Å²) in [4.78, 5) is 10.3. The Kier molecular flexibility index (Phi) is 3.80. The largest absolute Gasteiger partial charge is 0.391 e. The molecule has 0 aliphatic carbocycles. The number of hydrogen-bond acceptors (Lipinski definition) is 4. The average molecular weight is 163 g/mol. The Morgan fingerprint density at radius 3 is 2.09 bits per heavy atom. The summed E-state index contributed by atoms with van der Waals surface area (Å²) in [7, 11) is 0. The van der Waals surface area contributed by atoms with Crippen molar-refractivity contribution in [1.29, 1.82) is 0 Å². The average Bonchev–Trinajstić information content (AvgIpc) is 1.81. The molecule has 11 heavy (non-hydrogen) atoms. The molecular weight excluding hydrogens is 150 g/mol. The summed E-state index contributed by atoms with van der Waals surface area (Å²) >= 11 is 0. The first kappa shape index (κ1) is 10.2. The molecule has 0 aliphatic heterocycles. The van der Waals surface area contributed by atoms with E-state index in [4.69, 9.17) is 21.7 Å². The van der Waals surface area contributed by atoms with Gasteiger partial charge in [0.1, 0.15) is 6.23 Å². The van der Waals surface area contributed by atoms with Crippen molar-refractivity contribution < 1.29 is 15.0 Å². The van der Waals surface area contributed by atoms with Gasteiger partial charge in [-0.1, -0.05) is 0 Å². The molecule has 0 saturated carbocycles. The van der Waals surface area contributed by atoms with Gasteiger partial charge in [-0.25, -0.2) is 4.79 Å². The van der Waals surface area contributed by atoms with E-state index in [1.807, 2.05) is 0 Å². The quantitative estimate of drug-likeness (QED) is 0.300. The standard InChI is InChI=1S/C5H13N3O3/c1-2(9)3(4(6)10)8-5(7)11/h2-4,9-10H,6H2,1H3,(H3,7,8,11). The van der Waals surface area contributed by atoms with Crippen LogP contribution in [0.15, 0.2) is 0 Å². The molecule has 3 atom stereocenters. The van der Waals surface area contributed by atoms with Gasteiger partial charge in [0.25, 0.3) is 0 Å². The molecule has 0 aromatic heterocycles. The number of primary amides is 1. The molecule has 0 bridgehead atoms. The number of carbonyl (C=O) groups is 1. The second-order valence-corrected chi connectivity index (χ2v) is 2.27. The fraction of sp³-hybridized carbons (Fsp3) is 0.800. The van der Waals surface area contributed by atoms with E-state index < -0.39 is 24.4 Å². The van der Waals surface area contributed by atoms with Crippen molar-refractivity contribution >= 4 is 6.03 Å². The molecule has 0 fully saturated rings. The second kappa shape index (κ2) is 4.12. The summed E-state index contributed by atoms with van der Waals surface area (Å²) in [6.45, 7) is 1.39. The third-order valence-corrected chi connectivity index (χ3v) is 1.20. The van der Waals surface area contributed by atoms with Crippen LogP contribution in [0.2, 0.25) is 0 Å². The van der Waals surface area contributed by atoms with Crippen molar-refractivity contribution in [2.24, 2.45) is 11.5 Å². The molecule has 0 aromatic rings. The van der Waals surface area contributed by atoms with Crippen molar-refractivity contribution in [3.8, 4) is 0 Å². The van der Waals surface area contributed by atoms with E-state index in [1.54, 1.807) is 0 Å². The maximum atomic E-state index is 10.3. The highest BCUT2D eigenvalue weighted by molar-refractivity contribution is 5.72. The van der Waals surface area contributed by atoms with Gasteiger partial charge in [0.05, 0.1) is 12.1 Å². The zero-order valence-corrected chi connectivity index (χ0v) is 6.19. The Labute approximate surface area is 64.2 Å². The van der Waals surface area contributed by atoms with Gasteiger partial charge < -0.3 is 27.0 Å². The minimum absolute atomic E-state index is 0.833. The van der Waals surface area contributed by atoms with Crippen LogP contribution in [0.4, 0.5) is 4.79 Å². The van der Waals surface area contributed by atoms with Gasteiger partial charge >= 0.3 is 6.03 Å². The molecule has 6 heteroatoms. The van der Waals surface area contributed by atoms with E-state index in [-0.39, 0.29) is 0 Å². The normalized spacial score (nSPS) is 18.5. The molecular formula is C5H13N3O3. The third kappa shape index (κ3) is 3.76. The molecule has 0 rings (SSSR count). The Morgan fingerprint density at radius 1 is 1.55 bits per heavy atom. The van der Waals surface area contributed by atoms with Crippen LogP contribution in [-0.2, 0) is 0 Å². The lowest BCUT2D eigenvalue weighted by molar-refractivity contribution is 0.0557. The molecule has 0 heterocycles. The number of aliphatic hydroxyl groups excluding tert-OH is 2. The molecule has 66 valence electrons. The topological polar surface area (TPSA) is 122 Å². The van der Waals surface area contributed by atoms with E-state index in [0.29, 0.717) is 0 Å². The lowest BCUT2D eigenvalue weighted by Gasteiger charge is -2.22. The van der Waals surface area contributed by atoms with Crippen molar-refractivity contribution in [3.63, 3.8) is 0 Å². The summed E-state index contributed by atoms with van der Waals surface area (Å²) < 4.78 is 0. The van der Waals surface area contributed by atoms with E-state index in [1.165, 1.54) is 6.92 Å². The van der Waals surface area contributed by atoms with Crippen LogP contribution in [0, 0.1) is 0 Å². The zero-order valence-electron chi connectivity index (χ0n) is 6.19. The number of rotatable bonds is 3.